The van der Waals surface area contributed by atoms with Crippen molar-refractivity contribution in [1.82, 2.24) is 4.90 Å². The molecule has 84 valence electrons. The summed E-state index contributed by atoms with van der Waals surface area (Å²) in [6, 6.07) is 5.52. The van der Waals surface area contributed by atoms with E-state index in [4.69, 9.17) is 0 Å². The maximum Gasteiger partial charge on any atom is 0.316 e. The second-order valence-electron chi connectivity index (χ2n) is 3.66. The van der Waals surface area contributed by atoms with Crippen molar-refractivity contribution in [2.75, 3.05) is 25.0 Å². The number of hydrogen-bond donors (Lipinski definition) is 0. The molecule has 1 aliphatic rings. The lowest BCUT2D eigenvalue weighted by molar-refractivity contribution is -0.145. The van der Waals surface area contributed by atoms with E-state index >= 15 is 0 Å². The van der Waals surface area contributed by atoms with Crippen LogP contribution in [0.25, 0.3) is 0 Å². The molecule has 5 heteroatoms. The summed E-state index contributed by atoms with van der Waals surface area (Å²) < 4.78 is 12.7. The Balaban J connectivity index is 2.25. The van der Waals surface area contributed by atoms with Gasteiger partial charge in [-0.25, -0.2) is 4.39 Å². The molecule has 0 spiro atoms. The summed E-state index contributed by atoms with van der Waals surface area (Å²) in [6.07, 6.45) is 0. The van der Waals surface area contributed by atoms with Gasteiger partial charge in [0.25, 0.3) is 0 Å². The lowest BCUT2D eigenvalue weighted by atomic mass is 10.2. The van der Waals surface area contributed by atoms with E-state index in [2.05, 4.69) is 0 Å². The smallest absolute Gasteiger partial charge is 0.316 e. The van der Waals surface area contributed by atoms with Crippen LogP contribution in [0.5, 0.6) is 0 Å². The molecule has 2 rings (SSSR count). The molecule has 1 aromatic rings. The number of rotatable bonds is 1. The summed E-state index contributed by atoms with van der Waals surface area (Å²) in [4.78, 5) is 25.8. The summed E-state index contributed by atoms with van der Waals surface area (Å²) in [5.41, 5.74) is 0.549. The molecule has 1 aliphatic heterocycles. The van der Waals surface area contributed by atoms with Gasteiger partial charge >= 0.3 is 11.8 Å². The highest BCUT2D eigenvalue weighted by Crippen LogP contribution is 2.17. The Morgan fingerprint density at radius 2 is 1.69 bits per heavy atom. The highest BCUT2D eigenvalue weighted by Gasteiger charge is 2.30. The van der Waals surface area contributed by atoms with Gasteiger partial charge in [-0.3, -0.25) is 9.59 Å². The zero-order valence-electron chi connectivity index (χ0n) is 8.81. The summed E-state index contributed by atoms with van der Waals surface area (Å²) in [7, 11) is 1.59. The van der Waals surface area contributed by atoms with Crippen LogP contribution < -0.4 is 4.90 Å². The van der Waals surface area contributed by atoms with E-state index in [1.807, 2.05) is 0 Å². The van der Waals surface area contributed by atoms with E-state index in [1.165, 1.54) is 34.1 Å². The summed E-state index contributed by atoms with van der Waals surface area (Å²) in [5.74, 6) is -1.47. The molecule has 0 bridgehead atoms. The monoisotopic (exact) mass is 222 g/mol. The van der Waals surface area contributed by atoms with Gasteiger partial charge in [0.1, 0.15) is 5.82 Å². The third-order valence-electron chi connectivity index (χ3n) is 2.57. The van der Waals surface area contributed by atoms with Gasteiger partial charge in [-0.2, -0.15) is 0 Å². The molecule has 1 aromatic carbocycles. The lowest BCUT2D eigenvalue weighted by Crippen LogP contribution is -2.53. The normalized spacial score (nSPS) is 16.9. The fourth-order valence-corrected chi connectivity index (χ4v) is 1.60. The number of carbonyl (C=O) groups is 2. The van der Waals surface area contributed by atoms with Crippen molar-refractivity contribution in [3.63, 3.8) is 0 Å². The molecule has 16 heavy (non-hydrogen) atoms. The van der Waals surface area contributed by atoms with Crippen LogP contribution in [-0.2, 0) is 9.59 Å². The maximum absolute atomic E-state index is 12.7. The van der Waals surface area contributed by atoms with Crippen LogP contribution in [0, 0.1) is 5.82 Å². The summed E-state index contributed by atoms with van der Waals surface area (Å²) in [6.45, 7) is 0.925. The topological polar surface area (TPSA) is 40.6 Å². The molecular formula is C11H11FN2O2. The van der Waals surface area contributed by atoms with Crippen molar-refractivity contribution < 1.29 is 14.0 Å². The van der Waals surface area contributed by atoms with Gasteiger partial charge < -0.3 is 9.80 Å². The van der Waals surface area contributed by atoms with E-state index in [-0.39, 0.29) is 5.82 Å². The molecule has 0 N–H and O–H groups in total. The fraction of sp³-hybridized carbons (Fsp3) is 0.273. The first-order valence-corrected chi connectivity index (χ1v) is 4.92. The van der Waals surface area contributed by atoms with Crippen LogP contribution in [0.2, 0.25) is 0 Å². The van der Waals surface area contributed by atoms with Crippen LogP contribution in [0.3, 0.4) is 0 Å². The quantitative estimate of drug-likeness (QED) is 0.654. The van der Waals surface area contributed by atoms with E-state index in [0.717, 1.165) is 0 Å². The maximum atomic E-state index is 12.7. The first-order valence-electron chi connectivity index (χ1n) is 4.92. The fourth-order valence-electron chi connectivity index (χ4n) is 1.60. The second kappa shape index (κ2) is 3.92. The number of nitrogens with zero attached hydrogens (tertiary/aromatic N) is 2. The number of benzene rings is 1. The van der Waals surface area contributed by atoms with Crippen LogP contribution >= 0.6 is 0 Å². The highest BCUT2D eigenvalue weighted by molar-refractivity contribution is 6.40. The number of carbonyl (C=O) groups excluding carboxylic acids is 2. The van der Waals surface area contributed by atoms with Gasteiger partial charge in [0.15, 0.2) is 0 Å². The van der Waals surface area contributed by atoms with Gasteiger partial charge in [-0.05, 0) is 24.3 Å². The molecular weight excluding hydrogens is 211 g/mol. The standard InChI is InChI=1S/C11H11FN2O2/c1-13-6-7-14(11(16)10(13)15)9-4-2-8(12)3-5-9/h2-5H,6-7H2,1H3. The number of likely N-dealkylation sites (N-methyl/N-ethyl adjacent to an activating group) is 1. The first kappa shape index (κ1) is 10.6. The number of amides is 2. The molecule has 0 atom stereocenters. The van der Waals surface area contributed by atoms with Crippen molar-refractivity contribution >= 4 is 17.5 Å². The minimum Gasteiger partial charge on any atom is -0.336 e. The van der Waals surface area contributed by atoms with Crippen LogP contribution in [-0.4, -0.2) is 36.9 Å². The molecule has 0 unspecified atom stereocenters. The van der Waals surface area contributed by atoms with Crippen molar-refractivity contribution in [3.8, 4) is 0 Å². The minimum absolute atomic E-state index is 0.364. The predicted octanol–water partition coefficient (Wildman–Crippen LogP) is 0.631. The molecule has 4 nitrogen and oxygen atoms in total. The first-order chi connectivity index (χ1) is 7.59. The number of piperazine rings is 1. The highest BCUT2D eigenvalue weighted by atomic mass is 19.1. The lowest BCUT2D eigenvalue weighted by Gasteiger charge is -2.31. The Morgan fingerprint density at radius 1 is 1.06 bits per heavy atom. The molecule has 1 fully saturated rings. The van der Waals surface area contributed by atoms with E-state index in [1.54, 1.807) is 7.05 Å². The Labute approximate surface area is 92.3 Å². The zero-order chi connectivity index (χ0) is 11.7. The van der Waals surface area contributed by atoms with Gasteiger partial charge in [0.05, 0.1) is 0 Å². The van der Waals surface area contributed by atoms with Gasteiger partial charge in [0.2, 0.25) is 0 Å². The van der Waals surface area contributed by atoms with Crippen LogP contribution in [0.1, 0.15) is 0 Å². The molecule has 1 saturated heterocycles. The Morgan fingerprint density at radius 3 is 2.31 bits per heavy atom. The number of halogens is 1. The van der Waals surface area contributed by atoms with E-state index in [9.17, 15) is 14.0 Å². The Kier molecular flexibility index (Phi) is 2.60. The average molecular weight is 222 g/mol. The third-order valence-corrected chi connectivity index (χ3v) is 2.57. The van der Waals surface area contributed by atoms with Gasteiger partial charge in [-0.1, -0.05) is 0 Å². The van der Waals surface area contributed by atoms with E-state index in [0.29, 0.717) is 18.8 Å². The molecule has 0 saturated carbocycles. The molecule has 1 heterocycles. The van der Waals surface area contributed by atoms with Crippen molar-refractivity contribution in [2.24, 2.45) is 0 Å². The van der Waals surface area contributed by atoms with Gasteiger partial charge in [0, 0.05) is 25.8 Å². The van der Waals surface area contributed by atoms with Crippen molar-refractivity contribution in [2.45, 2.75) is 0 Å². The molecule has 2 amide bonds. The summed E-state index contributed by atoms with van der Waals surface area (Å²) >= 11 is 0. The Hall–Kier alpha value is -1.91. The van der Waals surface area contributed by atoms with Crippen LogP contribution in [0.4, 0.5) is 10.1 Å². The van der Waals surface area contributed by atoms with Gasteiger partial charge in [-0.15, -0.1) is 0 Å². The molecule has 0 aromatic heterocycles. The molecule has 0 aliphatic carbocycles. The van der Waals surface area contributed by atoms with Crippen molar-refractivity contribution in [3.05, 3.63) is 30.1 Å². The van der Waals surface area contributed by atoms with Crippen LogP contribution in [0.15, 0.2) is 24.3 Å². The average Bonchev–Trinajstić information content (AvgIpc) is 2.28. The Bertz CT molecular complexity index is 430. The third kappa shape index (κ3) is 1.76. The van der Waals surface area contributed by atoms with E-state index < -0.39 is 11.8 Å². The van der Waals surface area contributed by atoms with Crippen molar-refractivity contribution in [1.29, 1.82) is 0 Å². The summed E-state index contributed by atoms with van der Waals surface area (Å²) in [5, 5.41) is 0. The largest absolute Gasteiger partial charge is 0.336 e. The zero-order valence-corrected chi connectivity index (χ0v) is 8.81. The second-order valence-corrected chi connectivity index (χ2v) is 3.66. The SMILES string of the molecule is CN1CCN(c2ccc(F)cc2)C(=O)C1=O. The number of anilines is 1. The minimum atomic E-state index is -0.569. The number of hydrogen-bond acceptors (Lipinski definition) is 2. The predicted molar refractivity (Wildman–Crippen MR) is 56.4 cm³/mol. The molecule has 0 radical (unpaired) electrons.